The summed E-state index contributed by atoms with van der Waals surface area (Å²) in [5.74, 6) is 0.610. The maximum absolute atomic E-state index is 13.0. The van der Waals surface area contributed by atoms with E-state index < -0.39 is 0 Å². The van der Waals surface area contributed by atoms with Crippen LogP contribution in [0, 0.1) is 12.7 Å². The number of hydrogen-bond donors (Lipinski definition) is 0. The van der Waals surface area contributed by atoms with Crippen molar-refractivity contribution in [3.8, 4) is 5.75 Å². The molecule has 110 valence electrons. The van der Waals surface area contributed by atoms with Crippen molar-refractivity contribution < 1.29 is 9.13 Å². The van der Waals surface area contributed by atoms with E-state index in [0.29, 0.717) is 0 Å². The molecule has 0 saturated carbocycles. The molecule has 0 bridgehead atoms. The second kappa shape index (κ2) is 7.63. The largest absolute Gasteiger partial charge is 0.465 e. The van der Waals surface area contributed by atoms with Crippen molar-refractivity contribution >= 4 is 5.57 Å². The second-order valence-corrected chi connectivity index (χ2v) is 5.19. The van der Waals surface area contributed by atoms with Crippen LogP contribution in [0.15, 0.2) is 54.8 Å². The summed E-state index contributed by atoms with van der Waals surface area (Å²) in [4.78, 5) is 0. The highest BCUT2D eigenvalue weighted by molar-refractivity contribution is 5.64. The van der Waals surface area contributed by atoms with Crippen LogP contribution in [0.4, 0.5) is 4.39 Å². The Labute approximate surface area is 126 Å². The molecule has 0 saturated heterocycles. The average Bonchev–Trinajstić information content (AvgIpc) is 2.49. The highest BCUT2D eigenvalue weighted by atomic mass is 19.1. The first-order valence-corrected chi connectivity index (χ1v) is 7.37. The fraction of sp³-hybridized carbons (Fsp3) is 0.263. The Morgan fingerprint density at radius 3 is 2.57 bits per heavy atom. The smallest absolute Gasteiger partial charge is 0.126 e. The minimum Gasteiger partial charge on any atom is -0.465 e. The van der Waals surface area contributed by atoms with Crippen LogP contribution in [-0.2, 0) is 0 Å². The van der Waals surface area contributed by atoms with Gasteiger partial charge in [0, 0.05) is 0 Å². The van der Waals surface area contributed by atoms with Crippen LogP contribution in [0.1, 0.15) is 37.3 Å². The molecule has 2 rings (SSSR count). The van der Waals surface area contributed by atoms with Crippen molar-refractivity contribution in [2.24, 2.45) is 0 Å². The molecule has 1 nitrogen and oxygen atoms in total. The highest BCUT2D eigenvalue weighted by Gasteiger charge is 2.03. The van der Waals surface area contributed by atoms with E-state index in [1.165, 1.54) is 12.1 Å². The van der Waals surface area contributed by atoms with Gasteiger partial charge >= 0.3 is 0 Å². The second-order valence-electron chi connectivity index (χ2n) is 5.19. The number of allylic oxidation sites excluding steroid dienone is 1. The zero-order chi connectivity index (χ0) is 15.1. The van der Waals surface area contributed by atoms with Gasteiger partial charge in [-0.2, -0.15) is 0 Å². The Bertz CT molecular complexity index is 599. The molecular formula is C19H21FO. The Kier molecular flexibility index (Phi) is 5.56. The summed E-state index contributed by atoms with van der Waals surface area (Å²) in [5.41, 5.74) is 3.27. The first-order valence-electron chi connectivity index (χ1n) is 7.37. The predicted octanol–water partition coefficient (Wildman–Crippen LogP) is 5.74. The van der Waals surface area contributed by atoms with Crippen molar-refractivity contribution in [3.63, 3.8) is 0 Å². The summed E-state index contributed by atoms with van der Waals surface area (Å²) in [5, 5.41) is 0. The minimum absolute atomic E-state index is 0.215. The lowest BCUT2D eigenvalue weighted by atomic mass is 10.0. The highest BCUT2D eigenvalue weighted by Crippen LogP contribution is 2.22. The number of halogens is 1. The quantitative estimate of drug-likeness (QED) is 0.614. The van der Waals surface area contributed by atoms with Crippen LogP contribution >= 0.6 is 0 Å². The van der Waals surface area contributed by atoms with Crippen LogP contribution in [-0.4, -0.2) is 0 Å². The SMILES string of the molecule is CCCC/C(=C\Oc1cccc(C)c1)c1ccc(F)cc1. The molecule has 0 aliphatic carbocycles. The van der Waals surface area contributed by atoms with Gasteiger partial charge in [-0.3, -0.25) is 0 Å². The first kappa shape index (κ1) is 15.3. The van der Waals surface area contributed by atoms with E-state index in [2.05, 4.69) is 6.92 Å². The zero-order valence-corrected chi connectivity index (χ0v) is 12.6. The summed E-state index contributed by atoms with van der Waals surface area (Å²) in [7, 11) is 0. The Morgan fingerprint density at radius 1 is 1.14 bits per heavy atom. The monoisotopic (exact) mass is 284 g/mol. The summed E-state index contributed by atoms with van der Waals surface area (Å²) in [6.45, 7) is 4.19. The van der Waals surface area contributed by atoms with Crippen LogP contribution in [0.5, 0.6) is 5.75 Å². The zero-order valence-electron chi connectivity index (χ0n) is 12.6. The van der Waals surface area contributed by atoms with Gasteiger partial charge in [0.1, 0.15) is 11.6 Å². The molecule has 0 amide bonds. The van der Waals surface area contributed by atoms with Crippen LogP contribution in [0.25, 0.3) is 5.57 Å². The molecule has 0 fully saturated rings. The fourth-order valence-electron chi connectivity index (χ4n) is 2.13. The van der Waals surface area contributed by atoms with E-state index in [1.807, 2.05) is 31.2 Å². The van der Waals surface area contributed by atoms with Gasteiger partial charge in [0.2, 0.25) is 0 Å². The van der Waals surface area contributed by atoms with E-state index in [1.54, 1.807) is 18.4 Å². The number of benzene rings is 2. The Balaban J connectivity index is 2.18. The van der Waals surface area contributed by atoms with E-state index >= 15 is 0 Å². The molecule has 0 spiro atoms. The maximum atomic E-state index is 13.0. The van der Waals surface area contributed by atoms with Crippen LogP contribution in [0.2, 0.25) is 0 Å². The van der Waals surface area contributed by atoms with E-state index in [9.17, 15) is 4.39 Å². The lowest BCUT2D eigenvalue weighted by Gasteiger charge is -2.09. The van der Waals surface area contributed by atoms with Gasteiger partial charge < -0.3 is 4.74 Å². The molecular weight excluding hydrogens is 263 g/mol. The molecule has 0 N–H and O–H groups in total. The standard InChI is InChI=1S/C19H21FO/c1-3-4-7-17(16-9-11-18(20)12-10-16)14-21-19-8-5-6-15(2)13-19/h5-6,8-14H,3-4,7H2,1-2H3/b17-14+. The van der Waals surface area contributed by atoms with Gasteiger partial charge in [-0.25, -0.2) is 4.39 Å². The van der Waals surface area contributed by atoms with E-state index in [4.69, 9.17) is 4.74 Å². The van der Waals surface area contributed by atoms with Gasteiger partial charge in [-0.15, -0.1) is 0 Å². The Morgan fingerprint density at radius 2 is 1.90 bits per heavy atom. The molecule has 0 unspecified atom stereocenters. The molecule has 0 radical (unpaired) electrons. The molecule has 21 heavy (non-hydrogen) atoms. The molecule has 0 atom stereocenters. The van der Waals surface area contributed by atoms with Crippen molar-refractivity contribution in [1.29, 1.82) is 0 Å². The molecule has 0 aliphatic rings. The van der Waals surface area contributed by atoms with Crippen LogP contribution in [0.3, 0.4) is 0 Å². The molecule has 2 aromatic rings. The molecule has 2 aromatic carbocycles. The van der Waals surface area contributed by atoms with Gasteiger partial charge in [-0.05, 0) is 60.7 Å². The van der Waals surface area contributed by atoms with Crippen molar-refractivity contribution in [2.75, 3.05) is 0 Å². The third kappa shape index (κ3) is 4.75. The minimum atomic E-state index is -0.215. The number of unbranched alkanes of at least 4 members (excludes halogenated alkanes) is 1. The summed E-state index contributed by atoms with van der Waals surface area (Å²) < 4.78 is 18.8. The fourth-order valence-corrected chi connectivity index (χ4v) is 2.13. The number of rotatable bonds is 6. The van der Waals surface area contributed by atoms with Gasteiger partial charge in [-0.1, -0.05) is 37.6 Å². The molecule has 2 heteroatoms. The third-order valence-corrected chi connectivity index (χ3v) is 3.34. The summed E-state index contributed by atoms with van der Waals surface area (Å²) >= 11 is 0. The van der Waals surface area contributed by atoms with Gasteiger partial charge in [0.15, 0.2) is 0 Å². The van der Waals surface area contributed by atoms with Crippen molar-refractivity contribution in [2.45, 2.75) is 33.1 Å². The van der Waals surface area contributed by atoms with E-state index in [0.717, 1.165) is 41.7 Å². The Hall–Kier alpha value is -2.09. The number of ether oxygens (including phenoxy) is 1. The third-order valence-electron chi connectivity index (χ3n) is 3.34. The predicted molar refractivity (Wildman–Crippen MR) is 85.7 cm³/mol. The summed E-state index contributed by atoms with van der Waals surface area (Å²) in [6.07, 6.45) is 4.91. The van der Waals surface area contributed by atoms with Crippen molar-refractivity contribution in [1.82, 2.24) is 0 Å². The molecule has 0 aliphatic heterocycles. The normalized spacial score (nSPS) is 11.5. The van der Waals surface area contributed by atoms with Crippen LogP contribution < -0.4 is 4.74 Å². The van der Waals surface area contributed by atoms with E-state index in [-0.39, 0.29) is 5.82 Å². The molecule has 0 aromatic heterocycles. The number of hydrogen-bond acceptors (Lipinski definition) is 1. The van der Waals surface area contributed by atoms with Gasteiger partial charge in [0.05, 0.1) is 6.26 Å². The van der Waals surface area contributed by atoms with Crippen molar-refractivity contribution in [3.05, 3.63) is 71.7 Å². The number of aryl methyl sites for hydroxylation is 1. The lowest BCUT2D eigenvalue weighted by molar-refractivity contribution is 0.481. The summed E-state index contributed by atoms with van der Waals surface area (Å²) in [6, 6.07) is 14.5. The van der Waals surface area contributed by atoms with Gasteiger partial charge in [0.25, 0.3) is 0 Å². The maximum Gasteiger partial charge on any atom is 0.126 e. The molecule has 0 heterocycles. The lowest BCUT2D eigenvalue weighted by Crippen LogP contribution is -1.91. The topological polar surface area (TPSA) is 9.23 Å². The average molecular weight is 284 g/mol. The first-order chi connectivity index (χ1) is 10.2.